The first-order chi connectivity index (χ1) is 9.29. The van der Waals surface area contributed by atoms with Gasteiger partial charge < -0.3 is 18.9 Å². The van der Waals surface area contributed by atoms with Crippen molar-refractivity contribution in [2.24, 2.45) is 0 Å². The standard InChI is InChI=1S/C12H9N3O4/c1-13-12(16)19-11-9(10-15-14-6-17-10)7-4-2-3-5-8(7)18-11/h2-6H,1H3,(H,13,16). The third kappa shape index (κ3) is 1.90. The number of ether oxygens (including phenoxy) is 1. The first-order valence-electron chi connectivity index (χ1n) is 5.47. The van der Waals surface area contributed by atoms with Gasteiger partial charge in [-0.2, -0.15) is 0 Å². The molecule has 0 aliphatic carbocycles. The lowest BCUT2D eigenvalue weighted by molar-refractivity contribution is 0.191. The molecule has 96 valence electrons. The maximum absolute atomic E-state index is 11.3. The number of hydrogen-bond donors (Lipinski definition) is 1. The summed E-state index contributed by atoms with van der Waals surface area (Å²) in [6.45, 7) is 0. The molecule has 0 aliphatic heterocycles. The van der Waals surface area contributed by atoms with Gasteiger partial charge in [0.2, 0.25) is 6.39 Å². The third-order valence-corrected chi connectivity index (χ3v) is 2.53. The van der Waals surface area contributed by atoms with Crippen LogP contribution in [0.25, 0.3) is 22.4 Å². The average molecular weight is 259 g/mol. The van der Waals surface area contributed by atoms with Crippen LogP contribution in [0, 0.1) is 0 Å². The Morgan fingerprint density at radius 3 is 2.95 bits per heavy atom. The van der Waals surface area contributed by atoms with E-state index < -0.39 is 6.09 Å². The monoisotopic (exact) mass is 259 g/mol. The van der Waals surface area contributed by atoms with Crippen LogP contribution in [0.4, 0.5) is 4.79 Å². The molecule has 1 N–H and O–H groups in total. The van der Waals surface area contributed by atoms with E-state index in [0.717, 1.165) is 5.39 Å². The van der Waals surface area contributed by atoms with E-state index in [0.29, 0.717) is 11.1 Å². The molecule has 2 heterocycles. The lowest BCUT2D eigenvalue weighted by Gasteiger charge is -2.00. The number of fused-ring (bicyclic) bond motifs is 1. The van der Waals surface area contributed by atoms with Crippen molar-refractivity contribution in [1.82, 2.24) is 15.5 Å². The van der Waals surface area contributed by atoms with Gasteiger partial charge in [0, 0.05) is 12.4 Å². The number of carbonyl (C=O) groups is 1. The molecule has 2 aromatic heterocycles. The zero-order chi connectivity index (χ0) is 13.2. The maximum Gasteiger partial charge on any atom is 0.414 e. The molecule has 0 atom stereocenters. The predicted molar refractivity (Wildman–Crippen MR) is 64.6 cm³/mol. The molecule has 0 fully saturated rings. The van der Waals surface area contributed by atoms with Crippen LogP contribution in [-0.2, 0) is 0 Å². The van der Waals surface area contributed by atoms with E-state index in [4.69, 9.17) is 13.6 Å². The summed E-state index contributed by atoms with van der Waals surface area (Å²) in [6.07, 6.45) is 0.556. The number of nitrogens with one attached hydrogen (secondary N) is 1. The number of benzene rings is 1. The molecule has 1 aromatic carbocycles. The summed E-state index contributed by atoms with van der Waals surface area (Å²) in [6, 6.07) is 7.22. The number of furan rings is 1. The fourth-order valence-electron chi connectivity index (χ4n) is 1.71. The minimum Gasteiger partial charge on any atom is -0.425 e. The summed E-state index contributed by atoms with van der Waals surface area (Å²) < 4.78 is 15.7. The van der Waals surface area contributed by atoms with Crippen molar-refractivity contribution in [2.45, 2.75) is 0 Å². The Morgan fingerprint density at radius 2 is 2.21 bits per heavy atom. The highest BCUT2D eigenvalue weighted by atomic mass is 16.6. The Labute approximate surface area is 107 Å². The van der Waals surface area contributed by atoms with Crippen LogP contribution in [0.3, 0.4) is 0 Å². The van der Waals surface area contributed by atoms with Crippen molar-refractivity contribution < 1.29 is 18.4 Å². The molecule has 0 saturated carbocycles. The Balaban J connectivity index is 2.20. The molecule has 1 amide bonds. The molecular weight excluding hydrogens is 250 g/mol. The van der Waals surface area contributed by atoms with Crippen LogP contribution in [-0.4, -0.2) is 23.3 Å². The molecule has 0 radical (unpaired) electrons. The van der Waals surface area contributed by atoms with Crippen LogP contribution in [0.1, 0.15) is 0 Å². The quantitative estimate of drug-likeness (QED) is 0.758. The van der Waals surface area contributed by atoms with Gasteiger partial charge in [-0.15, -0.1) is 10.2 Å². The van der Waals surface area contributed by atoms with Crippen molar-refractivity contribution >= 4 is 17.1 Å². The van der Waals surface area contributed by atoms with E-state index in [1.807, 2.05) is 18.2 Å². The lowest BCUT2D eigenvalue weighted by Crippen LogP contribution is -2.22. The first-order valence-corrected chi connectivity index (χ1v) is 5.47. The fourth-order valence-corrected chi connectivity index (χ4v) is 1.71. The molecule has 0 saturated heterocycles. The van der Waals surface area contributed by atoms with Crippen LogP contribution in [0.15, 0.2) is 39.5 Å². The Kier molecular flexibility index (Phi) is 2.64. The van der Waals surface area contributed by atoms with Gasteiger partial charge in [0.15, 0.2) is 0 Å². The molecule has 7 nitrogen and oxygen atoms in total. The molecule has 3 aromatic rings. The van der Waals surface area contributed by atoms with Gasteiger partial charge >= 0.3 is 12.0 Å². The number of amides is 1. The number of nitrogens with zero attached hydrogens (tertiary/aromatic N) is 2. The fraction of sp³-hybridized carbons (Fsp3) is 0.0833. The molecule has 0 spiro atoms. The van der Waals surface area contributed by atoms with Crippen molar-refractivity contribution in [2.75, 3.05) is 7.05 Å². The van der Waals surface area contributed by atoms with Gasteiger partial charge in [-0.05, 0) is 6.07 Å². The second kappa shape index (κ2) is 4.45. The minimum atomic E-state index is -0.639. The van der Waals surface area contributed by atoms with E-state index in [9.17, 15) is 4.79 Å². The molecule has 19 heavy (non-hydrogen) atoms. The van der Waals surface area contributed by atoms with Crippen LogP contribution in [0.2, 0.25) is 0 Å². The van der Waals surface area contributed by atoms with Gasteiger partial charge in [-0.1, -0.05) is 18.2 Å². The van der Waals surface area contributed by atoms with Crippen molar-refractivity contribution in [3.8, 4) is 17.4 Å². The van der Waals surface area contributed by atoms with Crippen molar-refractivity contribution in [3.05, 3.63) is 30.7 Å². The van der Waals surface area contributed by atoms with Crippen molar-refractivity contribution in [3.63, 3.8) is 0 Å². The van der Waals surface area contributed by atoms with E-state index >= 15 is 0 Å². The zero-order valence-corrected chi connectivity index (χ0v) is 9.91. The highest BCUT2D eigenvalue weighted by molar-refractivity contribution is 5.95. The van der Waals surface area contributed by atoms with Crippen LogP contribution < -0.4 is 10.1 Å². The molecule has 0 bridgehead atoms. The molecule has 0 unspecified atom stereocenters. The Hall–Kier alpha value is -2.83. The van der Waals surface area contributed by atoms with E-state index in [1.54, 1.807) is 6.07 Å². The second-order valence-electron chi connectivity index (χ2n) is 3.64. The molecule has 3 rings (SSSR count). The van der Waals surface area contributed by atoms with Gasteiger partial charge in [-0.25, -0.2) is 4.79 Å². The van der Waals surface area contributed by atoms with Crippen LogP contribution in [0.5, 0.6) is 5.95 Å². The summed E-state index contributed by atoms with van der Waals surface area (Å²) in [5, 5.41) is 10.5. The van der Waals surface area contributed by atoms with E-state index in [2.05, 4.69) is 15.5 Å². The normalized spacial score (nSPS) is 10.6. The number of carbonyl (C=O) groups excluding carboxylic acids is 1. The summed E-state index contributed by atoms with van der Waals surface area (Å²) in [4.78, 5) is 11.3. The number of rotatable bonds is 2. The number of aromatic nitrogens is 2. The lowest BCUT2D eigenvalue weighted by atomic mass is 10.2. The summed E-state index contributed by atoms with van der Waals surface area (Å²) in [5.41, 5.74) is 1.02. The minimum absolute atomic E-state index is 0.0183. The Bertz CT molecular complexity index is 718. The predicted octanol–water partition coefficient (Wildman–Crippen LogP) is 2.20. The zero-order valence-electron chi connectivity index (χ0n) is 9.91. The average Bonchev–Trinajstić information content (AvgIpc) is 3.04. The number of para-hydroxylation sites is 1. The summed E-state index contributed by atoms with van der Waals surface area (Å²) >= 11 is 0. The third-order valence-electron chi connectivity index (χ3n) is 2.53. The summed E-state index contributed by atoms with van der Waals surface area (Å²) in [7, 11) is 1.46. The van der Waals surface area contributed by atoms with Crippen LogP contribution >= 0.6 is 0 Å². The largest absolute Gasteiger partial charge is 0.425 e. The topological polar surface area (TPSA) is 90.4 Å². The SMILES string of the molecule is CNC(=O)Oc1oc2ccccc2c1-c1nnco1. The van der Waals surface area contributed by atoms with E-state index in [-0.39, 0.29) is 11.8 Å². The molecule has 7 heteroatoms. The van der Waals surface area contributed by atoms with Gasteiger partial charge in [0.1, 0.15) is 11.1 Å². The van der Waals surface area contributed by atoms with Gasteiger partial charge in [0.05, 0.1) is 0 Å². The first kappa shape index (κ1) is 11.3. The number of hydrogen-bond acceptors (Lipinski definition) is 6. The Morgan fingerprint density at radius 1 is 1.37 bits per heavy atom. The second-order valence-corrected chi connectivity index (χ2v) is 3.64. The molecular formula is C12H9N3O4. The summed E-state index contributed by atoms with van der Waals surface area (Å²) in [5.74, 6) is 0.244. The molecule has 0 aliphatic rings. The van der Waals surface area contributed by atoms with Gasteiger partial charge in [-0.3, -0.25) is 0 Å². The van der Waals surface area contributed by atoms with Gasteiger partial charge in [0.25, 0.3) is 5.89 Å². The van der Waals surface area contributed by atoms with Crippen molar-refractivity contribution in [1.29, 1.82) is 0 Å². The maximum atomic E-state index is 11.3. The highest BCUT2D eigenvalue weighted by Gasteiger charge is 2.22. The smallest absolute Gasteiger partial charge is 0.414 e. The van der Waals surface area contributed by atoms with E-state index in [1.165, 1.54) is 13.4 Å². The highest BCUT2D eigenvalue weighted by Crippen LogP contribution is 2.38.